The van der Waals surface area contributed by atoms with E-state index in [0.29, 0.717) is 12.3 Å². The van der Waals surface area contributed by atoms with Crippen LogP contribution in [-0.4, -0.2) is 28.7 Å². The van der Waals surface area contributed by atoms with Crippen LogP contribution in [0.3, 0.4) is 0 Å². The average Bonchev–Trinajstić information content (AvgIpc) is 3.42. The second kappa shape index (κ2) is 7.00. The predicted molar refractivity (Wildman–Crippen MR) is 111 cm³/mol. The van der Waals surface area contributed by atoms with Crippen molar-refractivity contribution in [2.24, 2.45) is 0 Å². The Morgan fingerprint density at radius 3 is 2.90 bits per heavy atom. The second-order valence-corrected chi connectivity index (χ2v) is 8.29. The fraction of sp³-hybridized carbons (Fsp3) is 0.227. The molecule has 0 unspecified atom stereocenters. The fourth-order valence-electron chi connectivity index (χ4n) is 3.62. The van der Waals surface area contributed by atoms with Crippen LogP contribution in [0.2, 0.25) is 0 Å². The molecule has 29 heavy (non-hydrogen) atoms. The number of carbonyl (C=O) groups excluding carboxylic acids is 1. The molecule has 0 fully saturated rings. The van der Waals surface area contributed by atoms with Crippen molar-refractivity contribution in [2.45, 2.75) is 26.4 Å². The first-order chi connectivity index (χ1) is 14.1. The topological polar surface area (TPSA) is 77.2 Å². The van der Waals surface area contributed by atoms with Gasteiger partial charge in [-0.1, -0.05) is 23.4 Å². The van der Waals surface area contributed by atoms with E-state index in [0.717, 1.165) is 38.5 Å². The van der Waals surface area contributed by atoms with E-state index in [-0.39, 0.29) is 17.7 Å². The van der Waals surface area contributed by atoms with Gasteiger partial charge in [0, 0.05) is 12.5 Å². The molecule has 0 bridgehead atoms. The maximum atomic E-state index is 12.2. The number of ether oxygens (including phenoxy) is 1. The van der Waals surface area contributed by atoms with Crippen LogP contribution in [0.5, 0.6) is 5.75 Å². The van der Waals surface area contributed by atoms with Gasteiger partial charge in [-0.15, -0.1) is 11.3 Å². The lowest BCUT2D eigenvalue weighted by atomic mass is 10.0. The predicted octanol–water partition coefficient (Wildman–Crippen LogP) is 4.30. The van der Waals surface area contributed by atoms with Crippen molar-refractivity contribution in [3.8, 4) is 16.3 Å². The van der Waals surface area contributed by atoms with Gasteiger partial charge >= 0.3 is 0 Å². The van der Waals surface area contributed by atoms with Crippen LogP contribution >= 0.6 is 11.3 Å². The van der Waals surface area contributed by atoms with E-state index < -0.39 is 0 Å². The molecule has 7 heteroatoms. The molecule has 146 valence electrons. The number of para-hydroxylation sites is 1. The Bertz CT molecular complexity index is 1190. The molecule has 1 amide bonds. The zero-order valence-electron chi connectivity index (χ0n) is 16.1. The lowest BCUT2D eigenvalue weighted by Gasteiger charge is -2.12. The maximum absolute atomic E-state index is 12.2. The van der Waals surface area contributed by atoms with Crippen LogP contribution in [0, 0.1) is 13.8 Å². The van der Waals surface area contributed by atoms with Gasteiger partial charge in [-0.2, -0.15) is 0 Å². The molecule has 1 atom stereocenters. The van der Waals surface area contributed by atoms with Crippen LogP contribution in [-0.2, 0) is 6.42 Å². The number of benzene rings is 2. The second-order valence-electron chi connectivity index (χ2n) is 7.26. The van der Waals surface area contributed by atoms with Gasteiger partial charge in [-0.25, -0.2) is 4.98 Å². The Morgan fingerprint density at radius 1 is 1.24 bits per heavy atom. The van der Waals surface area contributed by atoms with E-state index >= 15 is 0 Å². The normalized spacial score (nSPS) is 15.3. The minimum Gasteiger partial charge on any atom is -0.487 e. The molecule has 6 nitrogen and oxygen atoms in total. The summed E-state index contributed by atoms with van der Waals surface area (Å²) in [5, 5.41) is 7.59. The molecule has 0 spiro atoms. The van der Waals surface area contributed by atoms with Gasteiger partial charge in [0.25, 0.3) is 5.91 Å². The van der Waals surface area contributed by atoms with Crippen molar-refractivity contribution >= 4 is 27.5 Å². The maximum Gasteiger partial charge on any atom is 0.273 e. The zero-order chi connectivity index (χ0) is 20.0. The number of rotatable bonds is 4. The minimum absolute atomic E-state index is 0.128. The molecule has 2 aromatic heterocycles. The number of aryl methyl sites for hydroxylation is 2. The molecule has 1 N–H and O–H groups in total. The van der Waals surface area contributed by atoms with E-state index in [1.165, 1.54) is 5.56 Å². The number of amides is 1. The van der Waals surface area contributed by atoms with Gasteiger partial charge in [0.1, 0.15) is 22.6 Å². The summed E-state index contributed by atoms with van der Waals surface area (Å²) in [5.74, 6) is 1.21. The molecule has 5 rings (SSSR count). The van der Waals surface area contributed by atoms with Gasteiger partial charge in [0.2, 0.25) is 0 Å². The number of hydrogen-bond donors (Lipinski definition) is 1. The summed E-state index contributed by atoms with van der Waals surface area (Å²) in [7, 11) is 0. The summed E-state index contributed by atoms with van der Waals surface area (Å²) in [6.07, 6.45) is 0.615. The average molecular weight is 405 g/mol. The molecular weight excluding hydrogens is 386 g/mol. The monoisotopic (exact) mass is 405 g/mol. The molecule has 0 aliphatic carbocycles. The molecule has 4 aromatic rings. The van der Waals surface area contributed by atoms with E-state index in [9.17, 15) is 4.79 Å². The van der Waals surface area contributed by atoms with Crippen LogP contribution < -0.4 is 10.1 Å². The Hall–Kier alpha value is -3.19. The highest BCUT2D eigenvalue weighted by Gasteiger charge is 2.28. The minimum atomic E-state index is -0.260. The summed E-state index contributed by atoms with van der Waals surface area (Å²) < 4.78 is 12.4. The summed E-state index contributed by atoms with van der Waals surface area (Å²) in [4.78, 5) is 17.0. The molecule has 0 saturated heterocycles. The largest absolute Gasteiger partial charge is 0.487 e. The molecule has 0 radical (unpaired) electrons. The van der Waals surface area contributed by atoms with Crippen molar-refractivity contribution in [1.29, 1.82) is 0 Å². The van der Waals surface area contributed by atoms with Crippen molar-refractivity contribution in [2.75, 3.05) is 6.54 Å². The first-order valence-corrected chi connectivity index (χ1v) is 10.3. The molecular formula is C22H19N3O3S. The van der Waals surface area contributed by atoms with E-state index in [1.54, 1.807) is 24.3 Å². The first kappa shape index (κ1) is 17.9. The number of nitrogens with one attached hydrogen (secondary N) is 1. The third kappa shape index (κ3) is 3.38. The SMILES string of the molecule is Cc1cc2c(c(-c3nc4ccccc4s3)c1)O[C@@H](CNC(=O)c1cc(C)on1)C2. The molecule has 1 aliphatic rings. The fourth-order valence-corrected chi connectivity index (χ4v) is 4.60. The van der Waals surface area contributed by atoms with E-state index in [1.807, 2.05) is 18.2 Å². The summed E-state index contributed by atoms with van der Waals surface area (Å²) in [5.41, 5.74) is 4.61. The summed E-state index contributed by atoms with van der Waals surface area (Å²) in [6, 6.07) is 14.0. The van der Waals surface area contributed by atoms with Gasteiger partial charge in [-0.3, -0.25) is 4.79 Å². The highest BCUT2D eigenvalue weighted by Crippen LogP contribution is 2.42. The van der Waals surface area contributed by atoms with E-state index in [2.05, 4.69) is 35.6 Å². The van der Waals surface area contributed by atoms with Gasteiger partial charge in [0.05, 0.1) is 22.3 Å². The van der Waals surface area contributed by atoms with Crippen molar-refractivity contribution in [3.05, 3.63) is 65.0 Å². The smallest absolute Gasteiger partial charge is 0.273 e. The first-order valence-electron chi connectivity index (χ1n) is 9.44. The zero-order valence-corrected chi connectivity index (χ0v) is 16.9. The number of aromatic nitrogens is 2. The van der Waals surface area contributed by atoms with Crippen LogP contribution in [0.15, 0.2) is 47.0 Å². The van der Waals surface area contributed by atoms with Crippen molar-refractivity contribution < 1.29 is 14.1 Å². The Kier molecular flexibility index (Phi) is 4.32. The summed E-state index contributed by atoms with van der Waals surface area (Å²) in [6.45, 7) is 4.24. The lowest BCUT2D eigenvalue weighted by molar-refractivity contribution is 0.0924. The summed E-state index contributed by atoms with van der Waals surface area (Å²) >= 11 is 1.66. The third-order valence-electron chi connectivity index (χ3n) is 4.92. The molecule has 1 aliphatic heterocycles. The molecule has 0 saturated carbocycles. The van der Waals surface area contributed by atoms with Gasteiger partial charge < -0.3 is 14.6 Å². The number of carbonyl (C=O) groups is 1. The Labute approximate surface area is 171 Å². The lowest BCUT2D eigenvalue weighted by Crippen LogP contribution is -2.34. The molecule has 3 heterocycles. The van der Waals surface area contributed by atoms with Crippen LogP contribution in [0.4, 0.5) is 0 Å². The van der Waals surface area contributed by atoms with Gasteiger partial charge in [-0.05, 0) is 43.2 Å². The number of hydrogen-bond acceptors (Lipinski definition) is 6. The van der Waals surface area contributed by atoms with E-state index in [4.69, 9.17) is 14.2 Å². The highest BCUT2D eigenvalue weighted by molar-refractivity contribution is 7.21. The molecule has 2 aromatic carbocycles. The highest BCUT2D eigenvalue weighted by atomic mass is 32.1. The Morgan fingerprint density at radius 2 is 2.10 bits per heavy atom. The van der Waals surface area contributed by atoms with Crippen molar-refractivity contribution in [3.63, 3.8) is 0 Å². The van der Waals surface area contributed by atoms with Gasteiger partial charge in [0.15, 0.2) is 5.69 Å². The Balaban J connectivity index is 1.37. The van der Waals surface area contributed by atoms with Crippen molar-refractivity contribution in [1.82, 2.24) is 15.5 Å². The van der Waals surface area contributed by atoms with Crippen LogP contribution in [0.1, 0.15) is 27.4 Å². The number of thiazole rings is 1. The number of nitrogens with zero attached hydrogens (tertiary/aromatic N) is 2. The van der Waals surface area contributed by atoms with Crippen LogP contribution in [0.25, 0.3) is 20.8 Å². The quantitative estimate of drug-likeness (QED) is 0.548. The number of fused-ring (bicyclic) bond motifs is 2. The standard InChI is InChI=1S/C22H19N3O3S/c1-12-7-14-10-15(11-23-21(26)18-9-13(2)28-25-18)27-20(14)16(8-12)22-24-17-5-3-4-6-19(17)29-22/h3-9,15H,10-11H2,1-2H3,(H,23,26)/t15-/m1/s1. The third-order valence-corrected chi connectivity index (χ3v) is 5.99.